The number of nitrogens with zero attached hydrogens (tertiary/aromatic N) is 4. The van der Waals surface area contributed by atoms with Crippen molar-refractivity contribution in [3.05, 3.63) is 47.3 Å². The van der Waals surface area contributed by atoms with Gasteiger partial charge in [-0.15, -0.1) is 0 Å². The number of hydrogen-bond acceptors (Lipinski definition) is 5. The lowest BCUT2D eigenvalue weighted by molar-refractivity contribution is 0.0902. The predicted molar refractivity (Wildman–Crippen MR) is 133 cm³/mol. The monoisotopic (exact) mass is 481 g/mol. The first-order valence-corrected chi connectivity index (χ1v) is 13.0. The standard InChI is InChI=1S/C26H36FN7O/c1-33-21(11-12-29-33)26(35)32-23(18-7-5-3-2-4-6-8-18)25-30-20-10-9-19(22(27)24(20)31-25)17-34-15-13-28-14-16-34/h9-12,18,23,28H,2-8,13-17H2,1H3,(H,30,31)(H,32,35). The number of piperazine rings is 1. The Bertz CT molecular complexity index is 1140. The van der Waals surface area contributed by atoms with Crippen LogP contribution in [0, 0.1) is 11.7 Å². The van der Waals surface area contributed by atoms with Crippen LogP contribution in [0.2, 0.25) is 0 Å². The Balaban J connectivity index is 1.45. The van der Waals surface area contributed by atoms with E-state index in [1.165, 1.54) is 19.3 Å². The van der Waals surface area contributed by atoms with Crippen LogP contribution in [-0.2, 0) is 13.6 Å². The number of carbonyl (C=O) groups is 1. The van der Waals surface area contributed by atoms with Gasteiger partial charge in [-0.2, -0.15) is 5.10 Å². The highest BCUT2D eigenvalue weighted by atomic mass is 19.1. The van der Waals surface area contributed by atoms with Gasteiger partial charge in [-0.25, -0.2) is 9.37 Å². The highest BCUT2D eigenvalue weighted by Gasteiger charge is 2.30. The summed E-state index contributed by atoms with van der Waals surface area (Å²) in [6.45, 7) is 4.25. The first-order valence-electron chi connectivity index (χ1n) is 13.0. The molecule has 1 atom stereocenters. The summed E-state index contributed by atoms with van der Waals surface area (Å²) in [5.41, 5.74) is 2.20. The number of benzene rings is 1. The molecule has 0 spiro atoms. The summed E-state index contributed by atoms with van der Waals surface area (Å²) in [6.07, 6.45) is 9.61. The molecule has 2 aromatic heterocycles. The van der Waals surface area contributed by atoms with Crippen molar-refractivity contribution in [2.75, 3.05) is 26.2 Å². The number of fused-ring (bicyclic) bond motifs is 1. The highest BCUT2D eigenvalue weighted by Crippen LogP contribution is 2.34. The van der Waals surface area contributed by atoms with Crippen LogP contribution in [0.1, 0.15) is 72.9 Å². The van der Waals surface area contributed by atoms with Crippen molar-refractivity contribution in [1.29, 1.82) is 0 Å². The molecule has 0 radical (unpaired) electrons. The van der Waals surface area contributed by atoms with Gasteiger partial charge in [0, 0.05) is 51.5 Å². The normalized spacial score (nSPS) is 19.4. The number of nitrogens with one attached hydrogen (secondary N) is 3. The van der Waals surface area contributed by atoms with E-state index in [9.17, 15) is 4.79 Å². The maximum absolute atomic E-state index is 15.6. The van der Waals surface area contributed by atoms with Crippen LogP contribution in [0.5, 0.6) is 0 Å². The third-order valence-electron chi connectivity index (χ3n) is 7.55. The molecule has 1 amide bonds. The van der Waals surface area contributed by atoms with E-state index in [0.717, 1.165) is 51.9 Å². The lowest BCUT2D eigenvalue weighted by atomic mass is 9.85. The molecule has 9 heteroatoms. The zero-order valence-corrected chi connectivity index (χ0v) is 20.5. The Morgan fingerprint density at radius 1 is 1.14 bits per heavy atom. The molecule has 3 heterocycles. The van der Waals surface area contributed by atoms with Crippen molar-refractivity contribution in [3.63, 3.8) is 0 Å². The van der Waals surface area contributed by atoms with E-state index in [-0.39, 0.29) is 23.7 Å². The van der Waals surface area contributed by atoms with Gasteiger partial charge >= 0.3 is 0 Å². The van der Waals surface area contributed by atoms with Gasteiger partial charge in [0.15, 0.2) is 5.82 Å². The van der Waals surface area contributed by atoms with Crippen LogP contribution in [0.25, 0.3) is 11.0 Å². The fourth-order valence-corrected chi connectivity index (χ4v) is 5.52. The minimum absolute atomic E-state index is 0.183. The number of halogens is 1. The number of hydrogen-bond donors (Lipinski definition) is 3. The molecule has 8 nitrogen and oxygen atoms in total. The molecule has 35 heavy (non-hydrogen) atoms. The van der Waals surface area contributed by atoms with E-state index in [4.69, 9.17) is 4.98 Å². The Labute approximate surface area is 205 Å². The number of imidazole rings is 1. The van der Waals surface area contributed by atoms with Crippen LogP contribution in [-0.4, -0.2) is 56.7 Å². The summed E-state index contributed by atoms with van der Waals surface area (Å²) in [5, 5.41) is 10.7. The molecule has 1 unspecified atom stereocenters. The molecule has 188 valence electrons. The van der Waals surface area contributed by atoms with Crippen LogP contribution in [0.3, 0.4) is 0 Å². The van der Waals surface area contributed by atoms with E-state index >= 15 is 4.39 Å². The van der Waals surface area contributed by atoms with Gasteiger partial charge in [0.05, 0.1) is 11.6 Å². The zero-order chi connectivity index (χ0) is 24.2. The molecular weight excluding hydrogens is 445 g/mol. The quantitative estimate of drug-likeness (QED) is 0.500. The van der Waals surface area contributed by atoms with E-state index in [1.54, 1.807) is 24.0 Å². The van der Waals surface area contributed by atoms with E-state index in [1.807, 2.05) is 12.1 Å². The van der Waals surface area contributed by atoms with Gasteiger partial charge < -0.3 is 15.6 Å². The second kappa shape index (κ2) is 10.9. The molecule has 1 aromatic carbocycles. The lowest BCUT2D eigenvalue weighted by Gasteiger charge is -2.28. The van der Waals surface area contributed by atoms with Crippen LogP contribution >= 0.6 is 0 Å². The first kappa shape index (κ1) is 23.9. The van der Waals surface area contributed by atoms with Crippen molar-refractivity contribution in [3.8, 4) is 0 Å². The van der Waals surface area contributed by atoms with E-state index in [0.29, 0.717) is 34.7 Å². The maximum atomic E-state index is 15.6. The Morgan fingerprint density at radius 3 is 2.60 bits per heavy atom. The van der Waals surface area contributed by atoms with Crippen LogP contribution in [0.4, 0.5) is 4.39 Å². The van der Waals surface area contributed by atoms with Gasteiger partial charge in [0.1, 0.15) is 17.0 Å². The number of rotatable bonds is 6. The summed E-state index contributed by atoms with van der Waals surface area (Å²) in [5.74, 6) is 0.436. The number of H-pyrrole nitrogens is 1. The molecule has 0 bridgehead atoms. The third-order valence-corrected chi connectivity index (χ3v) is 7.55. The van der Waals surface area contributed by atoms with Crippen molar-refractivity contribution in [1.82, 2.24) is 35.3 Å². The van der Waals surface area contributed by atoms with Crippen molar-refractivity contribution in [2.45, 2.75) is 57.5 Å². The third kappa shape index (κ3) is 5.41. The molecule has 2 aliphatic rings. The zero-order valence-electron chi connectivity index (χ0n) is 20.5. The number of aryl methyl sites for hydroxylation is 1. The average molecular weight is 482 g/mol. The molecule has 5 rings (SSSR count). The predicted octanol–water partition coefficient (Wildman–Crippen LogP) is 3.67. The summed E-state index contributed by atoms with van der Waals surface area (Å²) < 4.78 is 17.2. The summed E-state index contributed by atoms with van der Waals surface area (Å²) in [4.78, 5) is 23.5. The maximum Gasteiger partial charge on any atom is 0.270 e. The highest BCUT2D eigenvalue weighted by molar-refractivity contribution is 5.92. The Morgan fingerprint density at radius 2 is 1.89 bits per heavy atom. The first-order chi connectivity index (χ1) is 17.1. The summed E-state index contributed by atoms with van der Waals surface area (Å²) in [7, 11) is 1.76. The second-order valence-electron chi connectivity index (χ2n) is 9.98. The van der Waals surface area contributed by atoms with Gasteiger partial charge in [-0.1, -0.05) is 38.2 Å². The smallest absolute Gasteiger partial charge is 0.270 e. The molecule has 1 aliphatic carbocycles. The molecular formula is C26H36FN7O. The number of carbonyl (C=O) groups excluding carboxylic acids is 1. The molecule has 2 fully saturated rings. The SMILES string of the molecule is Cn1nccc1C(=O)NC(c1nc2c(F)c(CN3CCNCC3)ccc2[nH]1)C1CCCCCCC1. The fourth-order valence-electron chi connectivity index (χ4n) is 5.52. The summed E-state index contributed by atoms with van der Waals surface area (Å²) >= 11 is 0. The number of aromatic amines is 1. The second-order valence-corrected chi connectivity index (χ2v) is 9.98. The van der Waals surface area contributed by atoms with Gasteiger partial charge in [0.25, 0.3) is 5.91 Å². The van der Waals surface area contributed by atoms with Gasteiger partial charge in [-0.05, 0) is 30.9 Å². The Hall–Kier alpha value is -2.78. The number of amides is 1. The van der Waals surface area contributed by atoms with Gasteiger partial charge in [0.2, 0.25) is 0 Å². The lowest BCUT2D eigenvalue weighted by Crippen LogP contribution is -2.43. The Kier molecular flexibility index (Phi) is 7.43. The minimum Gasteiger partial charge on any atom is -0.340 e. The van der Waals surface area contributed by atoms with Crippen molar-refractivity contribution >= 4 is 16.9 Å². The molecule has 3 aromatic rings. The van der Waals surface area contributed by atoms with E-state index < -0.39 is 0 Å². The largest absolute Gasteiger partial charge is 0.340 e. The molecule has 1 saturated heterocycles. The van der Waals surface area contributed by atoms with Gasteiger partial charge in [-0.3, -0.25) is 14.4 Å². The number of aromatic nitrogens is 4. The molecule has 1 saturated carbocycles. The van der Waals surface area contributed by atoms with Crippen molar-refractivity contribution < 1.29 is 9.18 Å². The van der Waals surface area contributed by atoms with Crippen LogP contribution < -0.4 is 10.6 Å². The van der Waals surface area contributed by atoms with Crippen LogP contribution in [0.15, 0.2) is 24.4 Å². The molecule has 3 N–H and O–H groups in total. The topological polar surface area (TPSA) is 90.9 Å². The molecule has 1 aliphatic heterocycles. The fraction of sp³-hybridized carbons (Fsp3) is 0.577. The average Bonchev–Trinajstić information content (AvgIpc) is 3.47. The van der Waals surface area contributed by atoms with Crippen molar-refractivity contribution in [2.24, 2.45) is 13.0 Å². The summed E-state index contributed by atoms with van der Waals surface area (Å²) in [6, 6.07) is 5.19. The minimum atomic E-state index is -0.307. The van der Waals surface area contributed by atoms with E-state index in [2.05, 4.69) is 25.6 Å².